The van der Waals surface area contributed by atoms with Crippen molar-refractivity contribution in [1.29, 1.82) is 0 Å². The normalized spacial score (nSPS) is 15.5. The molecular weight excluding hydrogens is 534 g/mol. The molecule has 3 aromatic carbocycles. The van der Waals surface area contributed by atoms with E-state index in [2.05, 4.69) is 26.5 Å². The topological polar surface area (TPSA) is 80.2 Å². The molecule has 4 rings (SSSR count). The summed E-state index contributed by atoms with van der Waals surface area (Å²) < 4.78 is 12.2. The van der Waals surface area contributed by atoms with E-state index in [1.165, 1.54) is 6.21 Å². The van der Waals surface area contributed by atoms with E-state index in [9.17, 15) is 9.59 Å². The number of carbonyl (C=O) groups excluding carboxylic acids is 2. The Balaban J connectivity index is 1.34. The number of hydrogen-bond acceptors (Lipinski definition) is 5. The van der Waals surface area contributed by atoms with Crippen LogP contribution >= 0.6 is 27.5 Å². The van der Waals surface area contributed by atoms with Gasteiger partial charge in [0.25, 0.3) is 0 Å². The minimum Gasteiger partial charge on any atom is -0.493 e. The molecule has 35 heavy (non-hydrogen) atoms. The third-order valence-corrected chi connectivity index (χ3v) is 6.45. The summed E-state index contributed by atoms with van der Waals surface area (Å²) >= 11 is 9.57. The Morgan fingerprint density at radius 3 is 2.69 bits per heavy atom. The predicted molar refractivity (Wildman–Crippen MR) is 139 cm³/mol. The smallest absolute Gasteiger partial charge is 0.245 e. The van der Waals surface area contributed by atoms with Crippen molar-refractivity contribution in [2.75, 3.05) is 18.6 Å². The molecule has 1 heterocycles. The highest BCUT2D eigenvalue weighted by molar-refractivity contribution is 9.10. The van der Waals surface area contributed by atoms with Crippen molar-refractivity contribution in [2.24, 2.45) is 11.0 Å². The number of benzene rings is 3. The molecular formula is C26H23BrClN3O4. The van der Waals surface area contributed by atoms with Crippen LogP contribution in [0.3, 0.4) is 0 Å². The van der Waals surface area contributed by atoms with Crippen LogP contribution in [-0.4, -0.2) is 31.7 Å². The molecule has 0 radical (unpaired) electrons. The van der Waals surface area contributed by atoms with Crippen molar-refractivity contribution in [3.8, 4) is 11.5 Å². The predicted octanol–water partition coefficient (Wildman–Crippen LogP) is 5.19. The fourth-order valence-corrected chi connectivity index (χ4v) is 4.12. The first-order chi connectivity index (χ1) is 16.9. The van der Waals surface area contributed by atoms with E-state index in [1.807, 2.05) is 48.5 Å². The van der Waals surface area contributed by atoms with Crippen LogP contribution in [-0.2, 0) is 16.2 Å². The Kier molecular flexibility index (Phi) is 8.05. The number of nitrogens with zero attached hydrogens (tertiary/aromatic N) is 2. The zero-order valence-corrected chi connectivity index (χ0v) is 21.3. The number of hydrogen-bond donors (Lipinski definition) is 1. The molecule has 2 amide bonds. The van der Waals surface area contributed by atoms with Gasteiger partial charge in [-0.15, -0.1) is 0 Å². The van der Waals surface area contributed by atoms with Crippen molar-refractivity contribution in [2.45, 2.75) is 13.0 Å². The first kappa shape index (κ1) is 24.8. The lowest BCUT2D eigenvalue weighted by Gasteiger charge is -2.16. The zero-order valence-electron chi connectivity index (χ0n) is 18.9. The maximum Gasteiger partial charge on any atom is 0.245 e. The van der Waals surface area contributed by atoms with E-state index in [1.54, 1.807) is 30.2 Å². The molecule has 1 aliphatic rings. The lowest BCUT2D eigenvalue weighted by Crippen LogP contribution is -2.30. The SMILES string of the molecule is COc1cc(/C=N\NC(=O)[C@@H]2CC(=O)N(c3ccc(Br)cc3)C2)ccc1OCc1ccccc1Cl. The highest BCUT2D eigenvalue weighted by Gasteiger charge is 2.35. The molecule has 0 aromatic heterocycles. The Bertz CT molecular complexity index is 1250. The van der Waals surface area contributed by atoms with Gasteiger partial charge in [-0.25, -0.2) is 5.43 Å². The van der Waals surface area contributed by atoms with E-state index < -0.39 is 5.92 Å². The largest absolute Gasteiger partial charge is 0.493 e. The molecule has 9 heteroatoms. The summed E-state index contributed by atoms with van der Waals surface area (Å²) in [6.07, 6.45) is 1.66. The molecule has 3 aromatic rings. The van der Waals surface area contributed by atoms with Gasteiger partial charge in [0.15, 0.2) is 11.5 Å². The summed E-state index contributed by atoms with van der Waals surface area (Å²) in [6, 6.07) is 20.2. The highest BCUT2D eigenvalue weighted by atomic mass is 79.9. The van der Waals surface area contributed by atoms with Crippen LogP contribution in [0.5, 0.6) is 11.5 Å². The van der Waals surface area contributed by atoms with Gasteiger partial charge < -0.3 is 14.4 Å². The standard InChI is InChI=1S/C26H23BrClN3O4/c1-34-24-12-17(6-11-23(24)35-16-18-4-2-3-5-22(18)28)14-29-30-26(33)19-13-25(32)31(15-19)21-9-7-20(27)8-10-21/h2-12,14,19H,13,15-16H2,1H3,(H,30,33)/b29-14-/t19-/m1/s1. The molecule has 0 saturated carbocycles. The molecule has 0 unspecified atom stereocenters. The second-order valence-electron chi connectivity index (χ2n) is 7.91. The van der Waals surface area contributed by atoms with Crippen LogP contribution in [0.15, 0.2) is 76.3 Å². The second kappa shape index (κ2) is 11.4. The van der Waals surface area contributed by atoms with Crippen LogP contribution < -0.4 is 19.8 Å². The maximum absolute atomic E-state index is 12.6. The van der Waals surface area contributed by atoms with Gasteiger partial charge in [-0.3, -0.25) is 9.59 Å². The summed E-state index contributed by atoms with van der Waals surface area (Å²) in [4.78, 5) is 26.6. The lowest BCUT2D eigenvalue weighted by atomic mass is 10.1. The average molecular weight is 557 g/mol. The van der Waals surface area contributed by atoms with Gasteiger partial charge >= 0.3 is 0 Å². The molecule has 0 spiro atoms. The lowest BCUT2D eigenvalue weighted by molar-refractivity contribution is -0.126. The second-order valence-corrected chi connectivity index (χ2v) is 9.23. The van der Waals surface area contributed by atoms with Crippen LogP contribution in [0.1, 0.15) is 17.5 Å². The Labute approximate surface area is 216 Å². The first-order valence-electron chi connectivity index (χ1n) is 10.9. The summed E-state index contributed by atoms with van der Waals surface area (Å²) in [6.45, 7) is 0.615. The Morgan fingerprint density at radius 1 is 1.17 bits per heavy atom. The minimum atomic E-state index is -0.474. The average Bonchev–Trinajstić information content (AvgIpc) is 3.26. The van der Waals surface area contributed by atoms with Gasteiger partial charge in [0, 0.05) is 33.7 Å². The molecule has 1 N–H and O–H groups in total. The number of rotatable bonds is 8. The zero-order chi connectivity index (χ0) is 24.8. The van der Waals surface area contributed by atoms with Crippen molar-refractivity contribution >= 4 is 51.2 Å². The fraction of sp³-hybridized carbons (Fsp3) is 0.192. The third-order valence-electron chi connectivity index (χ3n) is 5.55. The van der Waals surface area contributed by atoms with E-state index in [0.29, 0.717) is 35.2 Å². The summed E-state index contributed by atoms with van der Waals surface area (Å²) in [7, 11) is 1.55. The van der Waals surface area contributed by atoms with Crippen molar-refractivity contribution < 1.29 is 19.1 Å². The minimum absolute atomic E-state index is 0.0893. The van der Waals surface area contributed by atoms with Gasteiger partial charge in [-0.2, -0.15) is 5.10 Å². The Hall–Kier alpha value is -3.36. The molecule has 0 aliphatic carbocycles. The number of anilines is 1. The number of halogens is 2. The van der Waals surface area contributed by atoms with E-state index >= 15 is 0 Å². The number of methoxy groups -OCH3 is 1. The highest BCUT2D eigenvalue weighted by Crippen LogP contribution is 2.29. The molecule has 1 aliphatic heterocycles. The fourth-order valence-electron chi connectivity index (χ4n) is 3.67. The van der Waals surface area contributed by atoms with Crippen molar-refractivity contribution in [3.63, 3.8) is 0 Å². The third kappa shape index (κ3) is 6.21. The molecule has 1 saturated heterocycles. The summed E-state index contributed by atoms with van der Waals surface area (Å²) in [5, 5.41) is 4.69. The van der Waals surface area contributed by atoms with Crippen molar-refractivity contribution in [1.82, 2.24) is 5.43 Å². The maximum atomic E-state index is 12.6. The van der Waals surface area contributed by atoms with E-state index in [-0.39, 0.29) is 18.2 Å². The number of amides is 2. The van der Waals surface area contributed by atoms with Gasteiger partial charge in [-0.05, 0) is 54.1 Å². The molecule has 7 nitrogen and oxygen atoms in total. The monoisotopic (exact) mass is 555 g/mol. The van der Waals surface area contributed by atoms with E-state index in [0.717, 1.165) is 15.7 Å². The number of hydrazone groups is 1. The Morgan fingerprint density at radius 2 is 1.94 bits per heavy atom. The van der Waals surface area contributed by atoms with Gasteiger partial charge in [0.1, 0.15) is 6.61 Å². The summed E-state index contributed by atoms with van der Waals surface area (Å²) in [5.41, 5.74) is 4.89. The van der Waals surface area contributed by atoms with Gasteiger partial charge in [0.05, 0.1) is 19.2 Å². The quantitative estimate of drug-likeness (QED) is 0.306. The van der Waals surface area contributed by atoms with Crippen molar-refractivity contribution in [3.05, 3.63) is 87.4 Å². The number of nitrogens with one attached hydrogen (secondary N) is 1. The molecule has 1 fully saturated rings. The summed E-state index contributed by atoms with van der Waals surface area (Å²) in [5.74, 6) is 0.220. The van der Waals surface area contributed by atoms with E-state index in [4.69, 9.17) is 21.1 Å². The van der Waals surface area contributed by atoms with Crippen LogP contribution in [0, 0.1) is 5.92 Å². The van der Waals surface area contributed by atoms with Crippen LogP contribution in [0.2, 0.25) is 5.02 Å². The number of carbonyl (C=O) groups is 2. The number of ether oxygens (including phenoxy) is 2. The van der Waals surface area contributed by atoms with Crippen LogP contribution in [0.25, 0.3) is 0 Å². The van der Waals surface area contributed by atoms with Gasteiger partial charge in [0.2, 0.25) is 11.8 Å². The molecule has 1 atom stereocenters. The first-order valence-corrected chi connectivity index (χ1v) is 12.0. The van der Waals surface area contributed by atoms with Gasteiger partial charge in [-0.1, -0.05) is 45.7 Å². The molecule has 180 valence electrons. The van der Waals surface area contributed by atoms with Crippen LogP contribution in [0.4, 0.5) is 5.69 Å². The molecule has 0 bridgehead atoms.